The number of hydrogen-bond donors (Lipinski definition) is 1. The van der Waals surface area contributed by atoms with Crippen molar-refractivity contribution in [2.75, 3.05) is 26.3 Å². The van der Waals surface area contributed by atoms with E-state index in [-0.39, 0.29) is 0 Å². The van der Waals surface area contributed by atoms with Gasteiger partial charge < -0.3 is 9.84 Å². The van der Waals surface area contributed by atoms with Crippen LogP contribution in [0.4, 0.5) is 0 Å². The van der Waals surface area contributed by atoms with Crippen molar-refractivity contribution < 1.29 is 9.84 Å². The fourth-order valence-corrected chi connectivity index (χ4v) is 2.35. The zero-order valence-corrected chi connectivity index (χ0v) is 14.0. The fourth-order valence-electron chi connectivity index (χ4n) is 2.35. The highest BCUT2D eigenvalue weighted by atomic mass is 16.5. The molecule has 0 aliphatic carbocycles. The molecule has 0 amide bonds. The second-order valence-electron chi connectivity index (χ2n) is 6.66. The van der Waals surface area contributed by atoms with Crippen molar-refractivity contribution in [1.29, 1.82) is 0 Å². The van der Waals surface area contributed by atoms with Crippen LogP contribution in [0.3, 0.4) is 0 Å². The third-order valence-electron chi connectivity index (χ3n) is 3.10. The van der Waals surface area contributed by atoms with Gasteiger partial charge >= 0.3 is 0 Å². The van der Waals surface area contributed by atoms with Crippen LogP contribution in [0.25, 0.3) is 0 Å². The van der Waals surface area contributed by atoms with Crippen LogP contribution in [0.5, 0.6) is 0 Å². The van der Waals surface area contributed by atoms with Gasteiger partial charge in [-0.2, -0.15) is 0 Å². The lowest BCUT2D eigenvalue weighted by molar-refractivity contribution is 0.00523. The molecule has 0 heterocycles. The molecule has 120 valence electrons. The molecule has 1 aromatic rings. The summed E-state index contributed by atoms with van der Waals surface area (Å²) in [6.07, 6.45) is -0.425. The first-order chi connectivity index (χ1) is 9.97. The van der Waals surface area contributed by atoms with Crippen LogP contribution in [-0.2, 0) is 11.3 Å². The van der Waals surface area contributed by atoms with Crippen LogP contribution in [0.15, 0.2) is 30.3 Å². The Morgan fingerprint density at radius 2 is 1.62 bits per heavy atom. The van der Waals surface area contributed by atoms with Gasteiger partial charge in [0.2, 0.25) is 0 Å². The zero-order chi connectivity index (χ0) is 15.7. The first-order valence-electron chi connectivity index (χ1n) is 7.99. The van der Waals surface area contributed by atoms with Crippen LogP contribution >= 0.6 is 0 Å². The van der Waals surface area contributed by atoms with E-state index < -0.39 is 6.10 Å². The van der Waals surface area contributed by atoms with E-state index in [1.54, 1.807) is 0 Å². The first kappa shape index (κ1) is 18.1. The van der Waals surface area contributed by atoms with Crippen LogP contribution in [0, 0.1) is 11.8 Å². The maximum absolute atomic E-state index is 10.2. The minimum Gasteiger partial charge on any atom is -0.389 e. The molecule has 3 heteroatoms. The summed E-state index contributed by atoms with van der Waals surface area (Å²) in [5, 5.41) is 10.2. The second kappa shape index (κ2) is 9.93. The number of nitrogens with zero attached hydrogens (tertiary/aromatic N) is 1. The summed E-state index contributed by atoms with van der Waals surface area (Å²) in [5.41, 5.74) is 1.29. The van der Waals surface area contributed by atoms with Crippen LogP contribution in [0.1, 0.15) is 33.3 Å². The SMILES string of the molecule is CC(C)COC[C@@H](O)CN(Cc1ccccc1)CC(C)C. The van der Waals surface area contributed by atoms with Crippen LogP contribution in [0.2, 0.25) is 0 Å². The molecule has 1 N–H and O–H groups in total. The Labute approximate surface area is 129 Å². The smallest absolute Gasteiger partial charge is 0.0900 e. The Kier molecular flexibility index (Phi) is 8.58. The summed E-state index contributed by atoms with van der Waals surface area (Å²) in [7, 11) is 0. The molecule has 0 spiro atoms. The van der Waals surface area contributed by atoms with Gasteiger partial charge in [0, 0.05) is 26.2 Å². The molecular weight excluding hydrogens is 262 g/mol. The standard InChI is InChI=1S/C18H31NO2/c1-15(2)10-19(11-17-8-6-5-7-9-17)12-18(20)14-21-13-16(3)4/h5-9,15-16,18,20H,10-14H2,1-4H3/t18-/m0/s1. The van der Waals surface area contributed by atoms with E-state index in [0.29, 0.717) is 31.6 Å². The molecule has 0 unspecified atom stereocenters. The third-order valence-corrected chi connectivity index (χ3v) is 3.10. The van der Waals surface area contributed by atoms with Crippen LogP contribution in [-0.4, -0.2) is 42.4 Å². The molecule has 0 aromatic heterocycles. The predicted octanol–water partition coefficient (Wildman–Crippen LogP) is 3.18. The summed E-state index contributed by atoms with van der Waals surface area (Å²) in [5.74, 6) is 1.09. The maximum Gasteiger partial charge on any atom is 0.0900 e. The monoisotopic (exact) mass is 293 g/mol. The minimum atomic E-state index is -0.425. The van der Waals surface area contributed by atoms with Crippen molar-refractivity contribution in [2.45, 2.75) is 40.3 Å². The molecule has 0 aliphatic rings. The lowest BCUT2D eigenvalue weighted by atomic mass is 10.1. The lowest BCUT2D eigenvalue weighted by Crippen LogP contribution is -2.37. The third kappa shape index (κ3) is 8.86. The van der Waals surface area contributed by atoms with Gasteiger partial charge in [0.15, 0.2) is 0 Å². The highest BCUT2D eigenvalue weighted by molar-refractivity contribution is 5.14. The van der Waals surface area contributed by atoms with E-state index in [1.165, 1.54) is 5.56 Å². The summed E-state index contributed by atoms with van der Waals surface area (Å²) < 4.78 is 5.54. The zero-order valence-electron chi connectivity index (χ0n) is 14.0. The molecule has 1 atom stereocenters. The number of rotatable bonds is 10. The average molecular weight is 293 g/mol. The summed E-state index contributed by atoms with van der Waals surface area (Å²) >= 11 is 0. The van der Waals surface area contributed by atoms with Crippen molar-refractivity contribution in [3.05, 3.63) is 35.9 Å². The Morgan fingerprint density at radius 3 is 2.19 bits per heavy atom. The topological polar surface area (TPSA) is 32.7 Å². The van der Waals surface area contributed by atoms with Gasteiger partial charge in [-0.25, -0.2) is 0 Å². The van der Waals surface area contributed by atoms with Crippen molar-refractivity contribution in [3.63, 3.8) is 0 Å². The van der Waals surface area contributed by atoms with E-state index in [2.05, 4.69) is 56.9 Å². The first-order valence-corrected chi connectivity index (χ1v) is 7.99. The molecule has 0 saturated heterocycles. The number of benzene rings is 1. The summed E-state index contributed by atoms with van der Waals surface area (Å²) in [6.45, 7) is 12.3. The molecule has 0 saturated carbocycles. The Balaban J connectivity index is 2.45. The minimum absolute atomic E-state index is 0.418. The van der Waals surface area contributed by atoms with Crippen LogP contribution < -0.4 is 0 Å². The molecule has 0 bridgehead atoms. The van der Waals surface area contributed by atoms with Gasteiger partial charge in [-0.05, 0) is 17.4 Å². The number of ether oxygens (including phenoxy) is 1. The average Bonchev–Trinajstić information content (AvgIpc) is 2.38. The predicted molar refractivity (Wildman–Crippen MR) is 88.2 cm³/mol. The van der Waals surface area contributed by atoms with Gasteiger partial charge in [-0.3, -0.25) is 4.90 Å². The molecule has 21 heavy (non-hydrogen) atoms. The van der Waals surface area contributed by atoms with Crippen molar-refractivity contribution in [2.24, 2.45) is 11.8 Å². The highest BCUT2D eigenvalue weighted by Crippen LogP contribution is 2.08. The highest BCUT2D eigenvalue weighted by Gasteiger charge is 2.14. The van der Waals surface area contributed by atoms with E-state index in [9.17, 15) is 5.11 Å². The maximum atomic E-state index is 10.2. The molecular formula is C18H31NO2. The fraction of sp³-hybridized carbons (Fsp3) is 0.667. The summed E-state index contributed by atoms with van der Waals surface area (Å²) in [6, 6.07) is 10.4. The van der Waals surface area contributed by atoms with Crippen molar-refractivity contribution in [1.82, 2.24) is 4.90 Å². The van der Waals surface area contributed by atoms with E-state index in [4.69, 9.17) is 4.74 Å². The number of aliphatic hydroxyl groups is 1. The molecule has 3 nitrogen and oxygen atoms in total. The Morgan fingerprint density at radius 1 is 0.952 bits per heavy atom. The van der Waals surface area contributed by atoms with Crippen molar-refractivity contribution in [3.8, 4) is 0 Å². The van der Waals surface area contributed by atoms with E-state index >= 15 is 0 Å². The van der Waals surface area contributed by atoms with E-state index in [1.807, 2.05) is 6.07 Å². The molecule has 1 aromatic carbocycles. The number of hydrogen-bond acceptors (Lipinski definition) is 3. The Hall–Kier alpha value is -0.900. The lowest BCUT2D eigenvalue weighted by Gasteiger charge is -2.27. The Bertz CT molecular complexity index is 365. The quantitative estimate of drug-likeness (QED) is 0.719. The second-order valence-corrected chi connectivity index (χ2v) is 6.66. The van der Waals surface area contributed by atoms with Crippen molar-refractivity contribution >= 4 is 0 Å². The van der Waals surface area contributed by atoms with Gasteiger partial charge in [0.25, 0.3) is 0 Å². The van der Waals surface area contributed by atoms with Gasteiger partial charge in [0.1, 0.15) is 0 Å². The molecule has 0 aliphatic heterocycles. The van der Waals surface area contributed by atoms with E-state index in [0.717, 1.165) is 13.1 Å². The van der Waals surface area contributed by atoms with Gasteiger partial charge in [0.05, 0.1) is 12.7 Å². The molecule has 0 radical (unpaired) electrons. The summed E-state index contributed by atoms with van der Waals surface area (Å²) in [4.78, 5) is 2.31. The molecule has 0 fully saturated rings. The number of aliphatic hydroxyl groups excluding tert-OH is 1. The normalized spacial score (nSPS) is 13.3. The van der Waals surface area contributed by atoms with Gasteiger partial charge in [-0.1, -0.05) is 58.0 Å². The van der Waals surface area contributed by atoms with Gasteiger partial charge in [-0.15, -0.1) is 0 Å². The molecule has 1 rings (SSSR count). The largest absolute Gasteiger partial charge is 0.389 e.